The van der Waals surface area contributed by atoms with Crippen LogP contribution in [0.2, 0.25) is 0 Å². The summed E-state index contributed by atoms with van der Waals surface area (Å²) in [6.45, 7) is 1.83. The molecule has 2 N–H and O–H groups in total. The molecular formula is C18H22N4O3. The van der Waals surface area contributed by atoms with Gasteiger partial charge in [-0.05, 0) is 38.7 Å². The molecule has 2 fully saturated rings. The zero-order valence-electron chi connectivity index (χ0n) is 14.3. The summed E-state index contributed by atoms with van der Waals surface area (Å²) in [5.74, 6) is -0.738. The Hall–Kier alpha value is -2.44. The van der Waals surface area contributed by atoms with Gasteiger partial charge in [0.15, 0.2) is 5.65 Å². The number of amides is 1. The van der Waals surface area contributed by atoms with Crippen molar-refractivity contribution in [3.05, 3.63) is 23.0 Å². The Morgan fingerprint density at radius 1 is 1.28 bits per heavy atom. The summed E-state index contributed by atoms with van der Waals surface area (Å²) in [4.78, 5) is 28.7. The van der Waals surface area contributed by atoms with E-state index in [0.29, 0.717) is 22.6 Å². The topological polar surface area (TPSA) is 97.1 Å². The minimum atomic E-state index is -0.979. The number of carbonyl (C=O) groups excluding carboxylic acids is 1. The summed E-state index contributed by atoms with van der Waals surface area (Å²) in [7, 11) is 0. The van der Waals surface area contributed by atoms with E-state index in [1.54, 1.807) is 17.7 Å². The minimum absolute atomic E-state index is 0.0705. The van der Waals surface area contributed by atoms with Gasteiger partial charge < -0.3 is 10.4 Å². The molecule has 0 aromatic carbocycles. The fourth-order valence-electron chi connectivity index (χ4n) is 3.72. The minimum Gasteiger partial charge on any atom is -0.478 e. The lowest BCUT2D eigenvalue weighted by atomic mass is 10.1. The first-order valence-corrected chi connectivity index (χ1v) is 8.93. The number of hydrogen-bond acceptors (Lipinski definition) is 4. The van der Waals surface area contributed by atoms with E-state index in [1.165, 1.54) is 0 Å². The van der Waals surface area contributed by atoms with Gasteiger partial charge in [0.25, 0.3) is 0 Å². The molecule has 2 aliphatic carbocycles. The molecule has 2 aromatic heterocycles. The molecule has 7 heteroatoms. The van der Waals surface area contributed by atoms with Gasteiger partial charge in [-0.1, -0.05) is 12.8 Å². The number of aryl methyl sites for hydroxylation is 1. The lowest BCUT2D eigenvalue weighted by Gasteiger charge is -2.12. The first-order chi connectivity index (χ1) is 12.0. The maximum Gasteiger partial charge on any atom is 0.336 e. The number of carboxylic acids is 1. The molecule has 0 unspecified atom stereocenters. The zero-order chi connectivity index (χ0) is 17.6. The molecule has 2 aliphatic rings. The van der Waals surface area contributed by atoms with Crippen LogP contribution in [0.25, 0.3) is 11.0 Å². The number of aromatic nitrogens is 3. The number of hydrogen-bond donors (Lipinski definition) is 2. The van der Waals surface area contributed by atoms with Crippen molar-refractivity contribution in [3.63, 3.8) is 0 Å². The van der Waals surface area contributed by atoms with Crippen LogP contribution in [0.15, 0.2) is 6.07 Å². The lowest BCUT2D eigenvalue weighted by Crippen LogP contribution is -2.35. The molecule has 25 heavy (non-hydrogen) atoms. The smallest absolute Gasteiger partial charge is 0.336 e. The third-order valence-corrected chi connectivity index (χ3v) is 5.14. The SMILES string of the molecule is Cc1nn(CC(=O)NC2CCCC2)c2nc(C3CC3)cc(C(=O)O)c12. The number of carboxylic acid groups (broad SMARTS) is 1. The van der Waals surface area contributed by atoms with Gasteiger partial charge in [0.2, 0.25) is 5.91 Å². The maximum absolute atomic E-state index is 12.4. The Morgan fingerprint density at radius 2 is 2.00 bits per heavy atom. The Labute approximate surface area is 145 Å². The fraction of sp³-hybridized carbons (Fsp3) is 0.556. The Balaban J connectivity index is 1.68. The van der Waals surface area contributed by atoms with Crippen LogP contribution >= 0.6 is 0 Å². The molecule has 2 aromatic rings. The third-order valence-electron chi connectivity index (χ3n) is 5.14. The highest BCUT2D eigenvalue weighted by atomic mass is 16.4. The van der Waals surface area contributed by atoms with Crippen molar-refractivity contribution in [2.75, 3.05) is 0 Å². The summed E-state index contributed by atoms with van der Waals surface area (Å²) < 4.78 is 1.55. The molecule has 0 radical (unpaired) electrons. The van der Waals surface area contributed by atoms with E-state index in [4.69, 9.17) is 0 Å². The number of rotatable bonds is 5. The average Bonchev–Trinajstić information content (AvgIpc) is 3.22. The van der Waals surface area contributed by atoms with Gasteiger partial charge in [-0.25, -0.2) is 14.5 Å². The van der Waals surface area contributed by atoms with Crippen molar-refractivity contribution in [1.29, 1.82) is 0 Å². The lowest BCUT2D eigenvalue weighted by molar-refractivity contribution is -0.122. The Morgan fingerprint density at radius 3 is 2.64 bits per heavy atom. The molecule has 2 heterocycles. The van der Waals surface area contributed by atoms with Crippen LogP contribution < -0.4 is 5.32 Å². The highest BCUT2D eigenvalue weighted by Crippen LogP contribution is 2.40. The van der Waals surface area contributed by atoms with Crippen molar-refractivity contribution in [2.45, 2.75) is 64.0 Å². The van der Waals surface area contributed by atoms with Gasteiger partial charge in [0.1, 0.15) is 6.54 Å². The fourth-order valence-corrected chi connectivity index (χ4v) is 3.72. The second kappa shape index (κ2) is 6.13. The molecule has 0 bridgehead atoms. The van der Waals surface area contributed by atoms with E-state index in [1.807, 2.05) is 0 Å². The largest absolute Gasteiger partial charge is 0.478 e. The van der Waals surface area contributed by atoms with Gasteiger partial charge in [-0.3, -0.25) is 4.79 Å². The maximum atomic E-state index is 12.4. The van der Waals surface area contributed by atoms with Gasteiger partial charge in [-0.2, -0.15) is 5.10 Å². The predicted octanol–water partition coefficient (Wildman–Crippen LogP) is 2.37. The number of nitrogens with zero attached hydrogens (tertiary/aromatic N) is 3. The summed E-state index contributed by atoms with van der Waals surface area (Å²) in [6.07, 6.45) is 6.43. The van der Waals surface area contributed by atoms with E-state index in [-0.39, 0.29) is 24.1 Å². The number of pyridine rings is 1. The standard InChI is InChI=1S/C18H22N4O3/c1-10-16-13(18(24)25)8-14(11-6-7-11)20-17(16)22(21-10)9-15(23)19-12-4-2-3-5-12/h8,11-12H,2-7,9H2,1H3,(H,19,23)(H,24,25). The summed E-state index contributed by atoms with van der Waals surface area (Å²) >= 11 is 0. The summed E-state index contributed by atoms with van der Waals surface area (Å²) in [6, 6.07) is 1.92. The van der Waals surface area contributed by atoms with Crippen LogP contribution in [-0.4, -0.2) is 37.8 Å². The molecule has 132 valence electrons. The first kappa shape index (κ1) is 16.1. The number of aromatic carboxylic acids is 1. The molecule has 0 spiro atoms. The second-order valence-corrected chi connectivity index (χ2v) is 7.16. The predicted molar refractivity (Wildman–Crippen MR) is 91.6 cm³/mol. The highest BCUT2D eigenvalue weighted by molar-refractivity contribution is 6.03. The highest BCUT2D eigenvalue weighted by Gasteiger charge is 2.29. The van der Waals surface area contributed by atoms with Crippen molar-refractivity contribution >= 4 is 22.9 Å². The van der Waals surface area contributed by atoms with Crippen molar-refractivity contribution in [2.24, 2.45) is 0 Å². The van der Waals surface area contributed by atoms with Crippen molar-refractivity contribution in [1.82, 2.24) is 20.1 Å². The van der Waals surface area contributed by atoms with Crippen LogP contribution in [0.4, 0.5) is 0 Å². The van der Waals surface area contributed by atoms with Crippen LogP contribution in [0, 0.1) is 6.92 Å². The van der Waals surface area contributed by atoms with E-state index in [0.717, 1.165) is 44.2 Å². The Kier molecular flexibility index (Phi) is 3.94. The molecule has 0 aliphatic heterocycles. The molecule has 4 rings (SSSR count). The molecule has 7 nitrogen and oxygen atoms in total. The van der Waals surface area contributed by atoms with Crippen molar-refractivity contribution < 1.29 is 14.7 Å². The normalized spacial score (nSPS) is 18.0. The number of nitrogens with one attached hydrogen (secondary N) is 1. The Bertz CT molecular complexity index is 848. The van der Waals surface area contributed by atoms with Crippen LogP contribution in [0.1, 0.15) is 66.2 Å². The van der Waals surface area contributed by atoms with Crippen LogP contribution in [0.3, 0.4) is 0 Å². The molecule has 0 saturated heterocycles. The summed E-state index contributed by atoms with van der Waals surface area (Å²) in [5, 5.41) is 17.5. The number of fused-ring (bicyclic) bond motifs is 1. The summed E-state index contributed by atoms with van der Waals surface area (Å²) in [5.41, 5.74) is 2.12. The third kappa shape index (κ3) is 3.10. The molecule has 2 saturated carbocycles. The average molecular weight is 342 g/mol. The van der Waals surface area contributed by atoms with Crippen molar-refractivity contribution in [3.8, 4) is 0 Å². The van der Waals surface area contributed by atoms with Gasteiger partial charge in [-0.15, -0.1) is 0 Å². The van der Waals surface area contributed by atoms with E-state index in [2.05, 4.69) is 15.4 Å². The van der Waals surface area contributed by atoms with Gasteiger partial charge in [0, 0.05) is 17.7 Å². The number of carbonyl (C=O) groups is 2. The molecular weight excluding hydrogens is 320 g/mol. The van der Waals surface area contributed by atoms with Crippen LogP contribution in [-0.2, 0) is 11.3 Å². The van der Waals surface area contributed by atoms with E-state index < -0.39 is 5.97 Å². The quantitative estimate of drug-likeness (QED) is 0.869. The molecule has 0 atom stereocenters. The van der Waals surface area contributed by atoms with E-state index in [9.17, 15) is 14.7 Å². The van der Waals surface area contributed by atoms with Crippen LogP contribution in [0.5, 0.6) is 0 Å². The second-order valence-electron chi connectivity index (χ2n) is 7.16. The zero-order valence-corrected chi connectivity index (χ0v) is 14.3. The monoisotopic (exact) mass is 342 g/mol. The van der Waals surface area contributed by atoms with Gasteiger partial charge in [0.05, 0.1) is 16.6 Å². The van der Waals surface area contributed by atoms with Gasteiger partial charge >= 0.3 is 5.97 Å². The molecule has 1 amide bonds. The first-order valence-electron chi connectivity index (χ1n) is 8.93. The van der Waals surface area contributed by atoms with E-state index >= 15 is 0 Å².